The molecule has 7 nitrogen and oxygen atoms in total. The molecular weight excluding hydrogens is 493 g/mol. The Morgan fingerprint density at radius 3 is 2.43 bits per heavy atom. The number of rotatable bonds is 5. The molecule has 0 radical (unpaired) electrons. The van der Waals surface area contributed by atoms with E-state index in [2.05, 4.69) is 37.2 Å². The summed E-state index contributed by atoms with van der Waals surface area (Å²) in [4.78, 5) is 25.6. The first kappa shape index (κ1) is 24.7. The highest BCUT2D eigenvalue weighted by molar-refractivity contribution is 14.0. The highest BCUT2D eigenvalue weighted by atomic mass is 127. The highest BCUT2D eigenvalue weighted by Crippen LogP contribution is 2.19. The van der Waals surface area contributed by atoms with Crippen molar-refractivity contribution in [3.63, 3.8) is 0 Å². The fourth-order valence-electron chi connectivity index (χ4n) is 4.11. The normalized spacial score (nSPS) is 18.4. The van der Waals surface area contributed by atoms with Crippen molar-refractivity contribution >= 4 is 41.7 Å². The molecule has 0 spiro atoms. The molecule has 1 aromatic rings. The van der Waals surface area contributed by atoms with Crippen molar-refractivity contribution < 1.29 is 9.53 Å². The van der Waals surface area contributed by atoms with Crippen LogP contribution in [0.5, 0.6) is 0 Å². The van der Waals surface area contributed by atoms with Crippen LogP contribution in [-0.4, -0.2) is 61.6 Å². The van der Waals surface area contributed by atoms with E-state index in [1.165, 1.54) is 25.7 Å². The number of nitrogens with one attached hydrogen (secondary N) is 1. The van der Waals surface area contributed by atoms with Gasteiger partial charge in [-0.1, -0.05) is 18.9 Å². The van der Waals surface area contributed by atoms with Crippen molar-refractivity contribution in [3.05, 3.63) is 23.9 Å². The molecule has 2 aliphatic heterocycles. The van der Waals surface area contributed by atoms with Crippen LogP contribution in [0.1, 0.15) is 51.0 Å². The number of hydrogen-bond donors (Lipinski definition) is 1. The number of carbonyl (C=O) groups is 1. The van der Waals surface area contributed by atoms with E-state index < -0.39 is 0 Å². The summed E-state index contributed by atoms with van der Waals surface area (Å²) >= 11 is 0. The lowest BCUT2D eigenvalue weighted by atomic mass is 9.97. The summed E-state index contributed by atoms with van der Waals surface area (Å²) in [6.07, 6.45) is 8.76. The number of ether oxygens (including phenoxy) is 1. The molecular formula is C22H36IN5O2. The average molecular weight is 529 g/mol. The van der Waals surface area contributed by atoms with E-state index >= 15 is 0 Å². The van der Waals surface area contributed by atoms with Crippen molar-refractivity contribution in [3.8, 4) is 0 Å². The van der Waals surface area contributed by atoms with E-state index in [1.807, 2.05) is 13.1 Å². The molecule has 0 saturated carbocycles. The summed E-state index contributed by atoms with van der Waals surface area (Å²) in [5.74, 6) is 1.91. The Morgan fingerprint density at radius 2 is 1.87 bits per heavy atom. The topological polar surface area (TPSA) is 70.1 Å². The Morgan fingerprint density at radius 1 is 1.17 bits per heavy atom. The summed E-state index contributed by atoms with van der Waals surface area (Å²) in [5.41, 5.74) is 1.14. The second-order valence-electron chi connectivity index (χ2n) is 7.84. The largest absolute Gasteiger partial charge is 0.466 e. The molecule has 2 aliphatic rings. The van der Waals surface area contributed by atoms with Crippen LogP contribution in [0.15, 0.2) is 23.3 Å². The number of piperidine rings is 1. The minimum atomic E-state index is -0.0642. The molecule has 0 atom stereocenters. The molecule has 8 heteroatoms. The molecule has 0 amide bonds. The Hall–Kier alpha value is -1.58. The molecule has 30 heavy (non-hydrogen) atoms. The predicted octanol–water partition coefficient (Wildman–Crippen LogP) is 3.43. The lowest BCUT2D eigenvalue weighted by Crippen LogP contribution is -2.46. The average Bonchev–Trinajstić information content (AvgIpc) is 3.05. The quantitative estimate of drug-likeness (QED) is 0.273. The summed E-state index contributed by atoms with van der Waals surface area (Å²) < 4.78 is 5.16. The maximum Gasteiger partial charge on any atom is 0.309 e. The van der Waals surface area contributed by atoms with E-state index in [-0.39, 0.29) is 35.9 Å². The van der Waals surface area contributed by atoms with E-state index in [0.717, 1.165) is 56.4 Å². The molecule has 1 N–H and O–H groups in total. The van der Waals surface area contributed by atoms with Crippen molar-refractivity contribution in [1.29, 1.82) is 0 Å². The molecule has 0 aliphatic carbocycles. The third-order valence-corrected chi connectivity index (χ3v) is 5.82. The third-order valence-electron chi connectivity index (χ3n) is 5.82. The van der Waals surface area contributed by atoms with Gasteiger partial charge in [0, 0.05) is 46.0 Å². The number of nitrogens with zero attached hydrogens (tertiary/aromatic N) is 4. The van der Waals surface area contributed by atoms with Gasteiger partial charge in [-0.15, -0.1) is 24.0 Å². The number of halogens is 1. The van der Waals surface area contributed by atoms with E-state index in [4.69, 9.17) is 4.74 Å². The van der Waals surface area contributed by atoms with Gasteiger partial charge in [-0.2, -0.15) is 0 Å². The second-order valence-corrected chi connectivity index (χ2v) is 7.84. The molecule has 0 bridgehead atoms. The number of aliphatic imine (C=N–C) groups is 1. The number of carbonyl (C=O) groups excluding carboxylic acids is 1. The van der Waals surface area contributed by atoms with Gasteiger partial charge in [-0.3, -0.25) is 9.79 Å². The van der Waals surface area contributed by atoms with Gasteiger partial charge < -0.3 is 19.9 Å². The molecule has 3 rings (SSSR count). The number of guanidine groups is 1. The van der Waals surface area contributed by atoms with Crippen LogP contribution in [-0.2, 0) is 16.1 Å². The number of hydrogen-bond acceptors (Lipinski definition) is 5. The number of likely N-dealkylation sites (tertiary alicyclic amines) is 1. The zero-order valence-corrected chi connectivity index (χ0v) is 20.6. The van der Waals surface area contributed by atoms with Crippen LogP contribution >= 0.6 is 24.0 Å². The van der Waals surface area contributed by atoms with Gasteiger partial charge in [0.25, 0.3) is 0 Å². The Labute approximate surface area is 197 Å². The van der Waals surface area contributed by atoms with E-state index in [0.29, 0.717) is 13.2 Å². The van der Waals surface area contributed by atoms with Gasteiger partial charge in [0.1, 0.15) is 5.82 Å². The Kier molecular flexibility index (Phi) is 10.7. The second kappa shape index (κ2) is 13.0. The van der Waals surface area contributed by atoms with E-state index in [1.54, 1.807) is 7.05 Å². The van der Waals surface area contributed by atoms with Crippen LogP contribution in [0.2, 0.25) is 0 Å². The fourth-order valence-corrected chi connectivity index (χ4v) is 4.11. The lowest BCUT2D eigenvalue weighted by Gasteiger charge is -2.33. The summed E-state index contributed by atoms with van der Waals surface area (Å²) in [6, 6.07) is 4.29. The number of pyridine rings is 1. The minimum absolute atomic E-state index is 0. The van der Waals surface area contributed by atoms with E-state index in [9.17, 15) is 4.79 Å². The maximum absolute atomic E-state index is 11.9. The molecule has 2 saturated heterocycles. The predicted molar refractivity (Wildman–Crippen MR) is 131 cm³/mol. The summed E-state index contributed by atoms with van der Waals surface area (Å²) in [7, 11) is 1.81. The molecule has 1 aromatic heterocycles. The van der Waals surface area contributed by atoms with Crippen LogP contribution in [0.3, 0.4) is 0 Å². The smallest absolute Gasteiger partial charge is 0.309 e. The zero-order valence-electron chi connectivity index (χ0n) is 18.3. The first-order valence-electron chi connectivity index (χ1n) is 11.0. The number of aromatic nitrogens is 1. The number of esters is 1. The fraction of sp³-hybridized carbons (Fsp3) is 0.682. The van der Waals surface area contributed by atoms with Gasteiger partial charge in [0.05, 0.1) is 12.5 Å². The Bertz CT molecular complexity index is 667. The van der Waals surface area contributed by atoms with Gasteiger partial charge in [-0.25, -0.2) is 4.98 Å². The van der Waals surface area contributed by atoms with Gasteiger partial charge >= 0.3 is 5.97 Å². The van der Waals surface area contributed by atoms with Crippen molar-refractivity contribution in [1.82, 2.24) is 15.2 Å². The Balaban J connectivity index is 0.00000320. The molecule has 3 heterocycles. The molecule has 0 aromatic carbocycles. The molecule has 2 fully saturated rings. The van der Waals surface area contributed by atoms with Gasteiger partial charge in [0.15, 0.2) is 5.96 Å². The SMILES string of the molecule is CCOC(=O)C1CCN(C(=NC)NCc2ccc(N3CCCCCC3)nc2)CC1.I. The maximum atomic E-state index is 11.9. The summed E-state index contributed by atoms with van der Waals surface area (Å²) in [6.45, 7) is 6.85. The minimum Gasteiger partial charge on any atom is -0.466 e. The van der Waals surface area contributed by atoms with Crippen molar-refractivity contribution in [2.24, 2.45) is 10.9 Å². The standard InChI is InChI=1S/C22H35N5O2.HI/c1-3-29-21(28)19-10-14-27(15-11-19)22(23-2)25-17-18-8-9-20(24-16-18)26-12-6-4-5-7-13-26;/h8-9,16,19H,3-7,10-15,17H2,1-2H3,(H,23,25);1H. The molecule has 168 valence electrons. The van der Waals surface area contributed by atoms with Crippen LogP contribution in [0.4, 0.5) is 5.82 Å². The van der Waals surface area contributed by atoms with Crippen LogP contribution in [0.25, 0.3) is 0 Å². The third kappa shape index (κ3) is 6.99. The summed E-state index contributed by atoms with van der Waals surface area (Å²) in [5, 5.41) is 3.44. The lowest BCUT2D eigenvalue weighted by molar-refractivity contribution is -0.149. The zero-order chi connectivity index (χ0) is 20.5. The van der Waals surface area contributed by atoms with Crippen molar-refractivity contribution in [2.75, 3.05) is 44.7 Å². The number of anilines is 1. The highest BCUT2D eigenvalue weighted by Gasteiger charge is 2.27. The van der Waals surface area contributed by atoms with Crippen LogP contribution in [0, 0.1) is 5.92 Å². The first-order valence-corrected chi connectivity index (χ1v) is 11.0. The monoisotopic (exact) mass is 529 g/mol. The first-order chi connectivity index (χ1) is 14.2. The van der Waals surface area contributed by atoms with Crippen LogP contribution < -0.4 is 10.2 Å². The molecule has 0 unspecified atom stereocenters. The van der Waals surface area contributed by atoms with Gasteiger partial charge in [-0.05, 0) is 44.2 Å². The van der Waals surface area contributed by atoms with Crippen molar-refractivity contribution in [2.45, 2.75) is 52.0 Å². The van der Waals surface area contributed by atoms with Gasteiger partial charge in [0.2, 0.25) is 0 Å².